The number of hydrogen-bond donors (Lipinski definition) is 2. The molecule has 8 nitrogen and oxygen atoms in total. The van der Waals surface area contributed by atoms with Crippen LogP contribution in [0.15, 0.2) is 18.3 Å². The molecule has 2 aliphatic rings. The van der Waals surface area contributed by atoms with E-state index in [4.69, 9.17) is 14.8 Å². The van der Waals surface area contributed by atoms with Gasteiger partial charge in [-0.15, -0.1) is 0 Å². The van der Waals surface area contributed by atoms with Gasteiger partial charge in [0, 0.05) is 25.9 Å². The Morgan fingerprint density at radius 3 is 2.68 bits per heavy atom. The number of aryl methyl sites for hydroxylation is 2. The Labute approximate surface area is 162 Å². The van der Waals surface area contributed by atoms with Crippen molar-refractivity contribution in [2.45, 2.75) is 39.3 Å². The quantitative estimate of drug-likeness (QED) is 0.834. The Hall–Kier alpha value is -3.16. The number of fused-ring (bicyclic) bond motifs is 1. The fourth-order valence-corrected chi connectivity index (χ4v) is 3.77. The lowest BCUT2D eigenvalue weighted by Crippen LogP contribution is -2.39. The molecule has 0 spiro atoms. The number of carboxylic acids is 1. The zero-order valence-electron chi connectivity index (χ0n) is 15.9. The van der Waals surface area contributed by atoms with E-state index in [9.17, 15) is 9.59 Å². The number of aromatic nitrogens is 2. The smallest absolute Gasteiger partial charge is 0.354 e. The van der Waals surface area contributed by atoms with Gasteiger partial charge in [0.2, 0.25) is 0 Å². The molecule has 2 aromatic rings. The summed E-state index contributed by atoms with van der Waals surface area (Å²) < 4.78 is 6.02. The first kappa shape index (κ1) is 18.2. The van der Waals surface area contributed by atoms with E-state index in [1.807, 2.05) is 13.0 Å². The lowest BCUT2D eigenvalue weighted by Gasteiger charge is -2.34. The van der Waals surface area contributed by atoms with Crippen molar-refractivity contribution in [2.75, 3.05) is 18.0 Å². The first-order valence-electron chi connectivity index (χ1n) is 9.32. The molecule has 0 bridgehead atoms. The van der Waals surface area contributed by atoms with Crippen molar-refractivity contribution in [1.82, 2.24) is 15.3 Å². The van der Waals surface area contributed by atoms with E-state index in [1.165, 1.54) is 6.20 Å². The standard InChI is InChI=1S/C20H22N4O4/c1-11-7-14(9-21-17(11)20(26)27)28-13-3-5-24(6-4-13)18-12(2)8-15-16(23-18)10-22-19(15)25/h7-9,13H,3-6,10H2,1-2H3,(H,22,25)(H,26,27). The number of nitrogens with one attached hydrogen (secondary N) is 1. The zero-order chi connectivity index (χ0) is 19.8. The van der Waals surface area contributed by atoms with Crippen LogP contribution in [-0.4, -0.2) is 46.1 Å². The number of carbonyl (C=O) groups excluding carboxylic acids is 1. The fraction of sp³-hybridized carbons (Fsp3) is 0.400. The minimum Gasteiger partial charge on any atom is -0.489 e. The first-order chi connectivity index (χ1) is 13.4. The van der Waals surface area contributed by atoms with Crippen LogP contribution in [0.4, 0.5) is 5.82 Å². The molecule has 1 amide bonds. The fourth-order valence-electron chi connectivity index (χ4n) is 3.77. The Bertz CT molecular complexity index is 951. The topological polar surface area (TPSA) is 105 Å². The van der Waals surface area contributed by atoms with Gasteiger partial charge in [0.15, 0.2) is 5.69 Å². The van der Waals surface area contributed by atoms with Crippen LogP contribution in [0.5, 0.6) is 5.75 Å². The average molecular weight is 382 g/mol. The van der Waals surface area contributed by atoms with Gasteiger partial charge < -0.3 is 20.1 Å². The van der Waals surface area contributed by atoms with E-state index in [-0.39, 0.29) is 17.7 Å². The van der Waals surface area contributed by atoms with Gasteiger partial charge in [0.05, 0.1) is 24.0 Å². The van der Waals surface area contributed by atoms with Crippen LogP contribution < -0.4 is 15.0 Å². The maximum atomic E-state index is 11.8. The maximum Gasteiger partial charge on any atom is 0.354 e. The van der Waals surface area contributed by atoms with E-state index < -0.39 is 5.97 Å². The summed E-state index contributed by atoms with van der Waals surface area (Å²) in [6.45, 7) is 5.79. The Balaban J connectivity index is 1.41. The highest BCUT2D eigenvalue weighted by atomic mass is 16.5. The number of carbonyl (C=O) groups is 2. The predicted octanol–water partition coefficient (Wildman–Crippen LogP) is 2.08. The number of hydrogen-bond acceptors (Lipinski definition) is 6. The number of amides is 1. The van der Waals surface area contributed by atoms with Gasteiger partial charge in [0.25, 0.3) is 5.91 Å². The molecule has 2 aromatic heterocycles. The number of nitrogens with zero attached hydrogens (tertiary/aromatic N) is 3. The van der Waals surface area contributed by atoms with Crippen molar-refractivity contribution < 1.29 is 19.4 Å². The van der Waals surface area contributed by atoms with Crippen molar-refractivity contribution >= 4 is 17.7 Å². The van der Waals surface area contributed by atoms with Gasteiger partial charge in [-0.3, -0.25) is 4.79 Å². The van der Waals surface area contributed by atoms with E-state index in [0.717, 1.165) is 43.0 Å². The van der Waals surface area contributed by atoms with Gasteiger partial charge in [-0.25, -0.2) is 14.8 Å². The third-order valence-corrected chi connectivity index (χ3v) is 5.23. The molecule has 0 aliphatic carbocycles. The van der Waals surface area contributed by atoms with Crippen LogP contribution in [0, 0.1) is 13.8 Å². The highest BCUT2D eigenvalue weighted by Gasteiger charge is 2.26. The molecule has 1 saturated heterocycles. The van der Waals surface area contributed by atoms with E-state index in [2.05, 4.69) is 15.2 Å². The van der Waals surface area contributed by atoms with Crippen LogP contribution in [0.1, 0.15) is 50.5 Å². The third-order valence-electron chi connectivity index (χ3n) is 5.23. The van der Waals surface area contributed by atoms with Crippen molar-refractivity contribution in [3.05, 3.63) is 46.4 Å². The van der Waals surface area contributed by atoms with Crippen LogP contribution in [0.2, 0.25) is 0 Å². The van der Waals surface area contributed by atoms with Crippen molar-refractivity contribution in [2.24, 2.45) is 0 Å². The highest BCUT2D eigenvalue weighted by molar-refractivity contribution is 5.98. The summed E-state index contributed by atoms with van der Waals surface area (Å²) in [4.78, 5) is 33.8. The van der Waals surface area contributed by atoms with Gasteiger partial charge in [0.1, 0.15) is 17.7 Å². The second kappa shape index (κ2) is 7.10. The lowest BCUT2D eigenvalue weighted by molar-refractivity contribution is 0.0689. The van der Waals surface area contributed by atoms with Crippen LogP contribution in [-0.2, 0) is 6.54 Å². The molecule has 0 aromatic carbocycles. The minimum absolute atomic E-state index is 0.0473. The summed E-state index contributed by atoms with van der Waals surface area (Å²) in [5, 5.41) is 11.9. The van der Waals surface area contributed by atoms with Crippen LogP contribution in [0.3, 0.4) is 0 Å². The number of ether oxygens (including phenoxy) is 1. The van der Waals surface area contributed by atoms with Gasteiger partial charge in [-0.2, -0.15) is 0 Å². The summed E-state index contributed by atoms with van der Waals surface area (Å²) in [7, 11) is 0. The third kappa shape index (κ3) is 3.37. The van der Waals surface area contributed by atoms with Crippen molar-refractivity contribution in [1.29, 1.82) is 0 Å². The normalized spacial score (nSPS) is 16.6. The van der Waals surface area contributed by atoms with Crippen LogP contribution in [0.25, 0.3) is 0 Å². The molecular formula is C20H22N4O4. The Kier molecular flexibility index (Phi) is 4.62. The molecular weight excluding hydrogens is 360 g/mol. The number of aromatic carboxylic acids is 1. The van der Waals surface area contributed by atoms with Gasteiger partial charge in [-0.05, 0) is 37.1 Å². The Morgan fingerprint density at radius 1 is 1.25 bits per heavy atom. The molecule has 2 N–H and O–H groups in total. The summed E-state index contributed by atoms with van der Waals surface area (Å²) >= 11 is 0. The number of pyridine rings is 2. The van der Waals surface area contributed by atoms with Crippen LogP contribution >= 0.6 is 0 Å². The molecule has 8 heteroatoms. The summed E-state index contributed by atoms with van der Waals surface area (Å²) in [5.41, 5.74) is 3.12. The van der Waals surface area contributed by atoms with Crippen molar-refractivity contribution in [3.63, 3.8) is 0 Å². The molecule has 2 aliphatic heterocycles. The largest absolute Gasteiger partial charge is 0.489 e. The molecule has 1 fully saturated rings. The number of carboxylic acid groups (broad SMARTS) is 1. The first-order valence-corrected chi connectivity index (χ1v) is 9.32. The second-order valence-electron chi connectivity index (χ2n) is 7.25. The number of piperidine rings is 1. The molecule has 4 heterocycles. The van der Waals surface area contributed by atoms with Gasteiger partial charge >= 0.3 is 5.97 Å². The lowest BCUT2D eigenvalue weighted by atomic mass is 10.1. The molecule has 0 saturated carbocycles. The molecule has 146 valence electrons. The van der Waals surface area contributed by atoms with E-state index in [0.29, 0.717) is 23.4 Å². The summed E-state index contributed by atoms with van der Waals surface area (Å²) in [6.07, 6.45) is 3.18. The number of rotatable bonds is 4. The second-order valence-corrected chi connectivity index (χ2v) is 7.25. The molecule has 0 atom stereocenters. The molecule has 4 rings (SSSR count). The SMILES string of the molecule is Cc1cc(OC2CCN(c3nc4c(cc3C)C(=O)NC4)CC2)cnc1C(=O)O. The highest BCUT2D eigenvalue weighted by Crippen LogP contribution is 2.27. The monoisotopic (exact) mass is 382 g/mol. The Morgan fingerprint density at radius 2 is 2.00 bits per heavy atom. The van der Waals surface area contributed by atoms with Crippen molar-refractivity contribution in [3.8, 4) is 5.75 Å². The molecule has 0 unspecified atom stereocenters. The average Bonchev–Trinajstić information content (AvgIpc) is 3.02. The van der Waals surface area contributed by atoms with E-state index in [1.54, 1.807) is 13.0 Å². The summed E-state index contributed by atoms with van der Waals surface area (Å²) in [6, 6.07) is 3.64. The predicted molar refractivity (Wildman–Crippen MR) is 102 cm³/mol. The van der Waals surface area contributed by atoms with Gasteiger partial charge in [-0.1, -0.05) is 0 Å². The maximum absolute atomic E-state index is 11.8. The molecule has 28 heavy (non-hydrogen) atoms. The zero-order valence-corrected chi connectivity index (χ0v) is 15.9. The number of anilines is 1. The summed E-state index contributed by atoms with van der Waals surface area (Å²) in [5.74, 6) is 0.433. The van der Waals surface area contributed by atoms with E-state index >= 15 is 0 Å². The molecule has 0 radical (unpaired) electrons. The minimum atomic E-state index is -1.04.